The summed E-state index contributed by atoms with van der Waals surface area (Å²) >= 11 is 1.43. The second kappa shape index (κ2) is 7.61. The summed E-state index contributed by atoms with van der Waals surface area (Å²) < 4.78 is 14.5. The van der Waals surface area contributed by atoms with Gasteiger partial charge in [-0.3, -0.25) is 14.2 Å². The number of benzene rings is 2. The van der Waals surface area contributed by atoms with Crippen LogP contribution in [0.25, 0.3) is 21.3 Å². The Morgan fingerprint density at radius 3 is 2.63 bits per heavy atom. The lowest BCUT2D eigenvalue weighted by Gasteiger charge is -2.16. The second-order valence-electron chi connectivity index (χ2n) is 7.63. The summed E-state index contributed by atoms with van der Waals surface area (Å²) in [6.07, 6.45) is 6.02. The first-order chi connectivity index (χ1) is 14.6. The number of ketones is 1. The van der Waals surface area contributed by atoms with Gasteiger partial charge in [-0.2, -0.15) is 0 Å². The van der Waals surface area contributed by atoms with E-state index >= 15 is 0 Å². The molecule has 0 atom stereocenters. The quantitative estimate of drug-likeness (QED) is 0.437. The number of aromatic nitrogens is 2. The number of carbonyl (C=O) groups excluding carboxylic acids is 1. The maximum absolute atomic E-state index is 13.2. The Balaban J connectivity index is 1.54. The molecule has 0 amide bonds. The molecular weight excluding hydrogens is 399 g/mol. The molecule has 0 unspecified atom stereocenters. The predicted octanol–water partition coefficient (Wildman–Crippen LogP) is 5.03. The van der Waals surface area contributed by atoms with Gasteiger partial charge in [-0.05, 0) is 66.6 Å². The first-order valence-electron chi connectivity index (χ1n) is 9.98. The molecule has 2 aromatic carbocycles. The van der Waals surface area contributed by atoms with Gasteiger partial charge in [0.15, 0.2) is 5.78 Å². The van der Waals surface area contributed by atoms with Gasteiger partial charge in [0, 0.05) is 16.5 Å². The van der Waals surface area contributed by atoms with Crippen LogP contribution in [0.5, 0.6) is 0 Å². The molecule has 5 rings (SSSR count). The Hall–Kier alpha value is -3.12. The average molecular weight is 418 g/mol. The van der Waals surface area contributed by atoms with Crippen LogP contribution >= 0.6 is 11.3 Å². The first-order valence-corrected chi connectivity index (χ1v) is 10.9. The molecule has 0 saturated carbocycles. The average Bonchev–Trinajstić information content (AvgIpc) is 3.21. The zero-order valence-corrected chi connectivity index (χ0v) is 17.0. The largest absolute Gasteiger partial charge is 0.292 e. The van der Waals surface area contributed by atoms with E-state index in [1.807, 2.05) is 5.38 Å². The van der Waals surface area contributed by atoms with Gasteiger partial charge < -0.3 is 0 Å². The van der Waals surface area contributed by atoms with E-state index < -0.39 is 5.82 Å². The van der Waals surface area contributed by atoms with E-state index in [2.05, 4.69) is 23.2 Å². The summed E-state index contributed by atoms with van der Waals surface area (Å²) in [7, 11) is 0. The zero-order valence-electron chi connectivity index (χ0n) is 16.2. The van der Waals surface area contributed by atoms with E-state index in [0.29, 0.717) is 15.8 Å². The van der Waals surface area contributed by atoms with Crippen LogP contribution in [0.1, 0.15) is 34.3 Å². The molecule has 0 aliphatic heterocycles. The topological polar surface area (TPSA) is 52.0 Å². The summed E-state index contributed by atoms with van der Waals surface area (Å²) in [6, 6.07) is 11.8. The summed E-state index contributed by atoms with van der Waals surface area (Å²) in [5.74, 6) is -0.663. The minimum atomic E-state index is -0.403. The molecule has 6 heteroatoms. The number of aryl methyl sites for hydroxylation is 2. The molecule has 2 heterocycles. The lowest BCUT2D eigenvalue weighted by atomic mass is 9.89. The predicted molar refractivity (Wildman–Crippen MR) is 117 cm³/mol. The van der Waals surface area contributed by atoms with Crippen LogP contribution in [-0.4, -0.2) is 15.3 Å². The fourth-order valence-corrected chi connectivity index (χ4v) is 4.98. The highest BCUT2D eigenvalue weighted by molar-refractivity contribution is 7.17. The fraction of sp³-hybridized carbons (Fsp3) is 0.208. The number of fused-ring (bicyclic) bond motifs is 2. The molecule has 1 aliphatic carbocycles. The van der Waals surface area contributed by atoms with Crippen LogP contribution in [0.3, 0.4) is 0 Å². The highest BCUT2D eigenvalue weighted by Gasteiger charge is 2.17. The van der Waals surface area contributed by atoms with Crippen LogP contribution in [-0.2, 0) is 19.4 Å². The van der Waals surface area contributed by atoms with E-state index in [0.717, 1.165) is 24.0 Å². The van der Waals surface area contributed by atoms with Crippen LogP contribution in [0.15, 0.2) is 59.0 Å². The molecule has 4 nitrogen and oxygen atoms in total. The third-order valence-electron chi connectivity index (χ3n) is 5.70. The van der Waals surface area contributed by atoms with Crippen molar-refractivity contribution in [2.24, 2.45) is 0 Å². The molecule has 4 aromatic rings. The lowest BCUT2D eigenvalue weighted by molar-refractivity contribution is 0.0970. The number of nitrogens with zero attached hydrogens (tertiary/aromatic N) is 2. The summed E-state index contributed by atoms with van der Waals surface area (Å²) in [4.78, 5) is 30.8. The molecule has 1 aliphatic rings. The highest BCUT2D eigenvalue weighted by Crippen LogP contribution is 2.33. The molecule has 2 aromatic heterocycles. The smallest absolute Gasteiger partial charge is 0.263 e. The maximum atomic E-state index is 13.2. The molecule has 0 spiro atoms. The summed E-state index contributed by atoms with van der Waals surface area (Å²) in [5.41, 5.74) is 4.76. The lowest BCUT2D eigenvalue weighted by Crippen LogP contribution is -2.24. The Bertz CT molecular complexity index is 1320. The van der Waals surface area contributed by atoms with Crippen LogP contribution < -0.4 is 5.56 Å². The minimum absolute atomic E-state index is 0.132. The molecule has 0 saturated heterocycles. The van der Waals surface area contributed by atoms with Gasteiger partial charge >= 0.3 is 0 Å². The Kier molecular flexibility index (Phi) is 4.79. The van der Waals surface area contributed by atoms with Crippen molar-refractivity contribution in [2.45, 2.75) is 32.2 Å². The van der Waals surface area contributed by atoms with Crippen molar-refractivity contribution in [3.05, 3.63) is 87.0 Å². The number of carbonyl (C=O) groups is 1. The van der Waals surface area contributed by atoms with Crippen molar-refractivity contribution in [1.29, 1.82) is 0 Å². The molecule has 150 valence electrons. The molecule has 0 fully saturated rings. The summed E-state index contributed by atoms with van der Waals surface area (Å²) in [5, 5.41) is 2.51. The van der Waals surface area contributed by atoms with E-state index in [1.165, 1.54) is 70.5 Å². The molecular formula is C24H19FN2O2S. The van der Waals surface area contributed by atoms with Crippen molar-refractivity contribution in [2.75, 3.05) is 0 Å². The van der Waals surface area contributed by atoms with E-state index in [9.17, 15) is 14.0 Å². The van der Waals surface area contributed by atoms with E-state index in [4.69, 9.17) is 0 Å². The van der Waals surface area contributed by atoms with Gasteiger partial charge in [-0.1, -0.05) is 18.2 Å². The highest BCUT2D eigenvalue weighted by atomic mass is 32.1. The third kappa shape index (κ3) is 3.37. The minimum Gasteiger partial charge on any atom is -0.292 e. The first kappa shape index (κ1) is 18.9. The van der Waals surface area contributed by atoms with Gasteiger partial charge in [0.1, 0.15) is 10.6 Å². The van der Waals surface area contributed by atoms with Crippen molar-refractivity contribution >= 4 is 27.3 Å². The Morgan fingerprint density at radius 1 is 1.07 bits per heavy atom. The molecule has 0 radical (unpaired) electrons. The van der Waals surface area contributed by atoms with Gasteiger partial charge in [-0.15, -0.1) is 11.3 Å². The van der Waals surface area contributed by atoms with Crippen LogP contribution in [0, 0.1) is 5.82 Å². The molecule has 30 heavy (non-hydrogen) atoms. The Labute approximate surface area is 176 Å². The zero-order chi connectivity index (χ0) is 20.7. The third-order valence-corrected chi connectivity index (χ3v) is 6.59. The molecule has 0 bridgehead atoms. The van der Waals surface area contributed by atoms with Crippen molar-refractivity contribution in [3.63, 3.8) is 0 Å². The van der Waals surface area contributed by atoms with Gasteiger partial charge in [0.2, 0.25) is 0 Å². The SMILES string of the molecule is O=C(Cn1cnc2scc(-c3ccc4c(c3)CCCC4)c2c1=O)c1ccc(F)cc1. The summed E-state index contributed by atoms with van der Waals surface area (Å²) in [6.45, 7) is -0.132. The number of Topliss-reactive ketones (excluding diaryl/α,β-unsaturated/α-hetero) is 1. The van der Waals surface area contributed by atoms with Gasteiger partial charge in [-0.25, -0.2) is 9.37 Å². The number of hydrogen-bond donors (Lipinski definition) is 0. The van der Waals surface area contributed by atoms with Gasteiger partial charge in [0.25, 0.3) is 5.56 Å². The van der Waals surface area contributed by atoms with Gasteiger partial charge in [0.05, 0.1) is 18.3 Å². The number of rotatable bonds is 4. The molecule has 0 N–H and O–H groups in total. The van der Waals surface area contributed by atoms with Crippen molar-refractivity contribution < 1.29 is 9.18 Å². The van der Waals surface area contributed by atoms with E-state index in [-0.39, 0.29) is 17.9 Å². The maximum Gasteiger partial charge on any atom is 0.263 e. The monoisotopic (exact) mass is 418 g/mol. The number of thiophene rings is 1. The standard InChI is InChI=1S/C24H19FN2O2S/c25-19-9-7-16(8-10-19)21(28)12-27-14-26-23-22(24(27)29)20(13-30-23)18-6-5-15-3-1-2-4-17(15)11-18/h5-11,13-14H,1-4,12H2. The Morgan fingerprint density at radius 2 is 1.83 bits per heavy atom. The second-order valence-corrected chi connectivity index (χ2v) is 8.49. The van der Waals surface area contributed by atoms with Crippen LogP contribution in [0.2, 0.25) is 0 Å². The van der Waals surface area contributed by atoms with Crippen molar-refractivity contribution in [3.8, 4) is 11.1 Å². The number of hydrogen-bond acceptors (Lipinski definition) is 4. The van der Waals surface area contributed by atoms with E-state index in [1.54, 1.807) is 0 Å². The normalized spacial score (nSPS) is 13.4. The number of halogens is 1. The fourth-order valence-electron chi connectivity index (χ4n) is 4.08. The van der Waals surface area contributed by atoms with Crippen LogP contribution in [0.4, 0.5) is 4.39 Å². The van der Waals surface area contributed by atoms with Crippen molar-refractivity contribution in [1.82, 2.24) is 9.55 Å².